The Bertz CT molecular complexity index is 710. The van der Waals surface area contributed by atoms with Gasteiger partial charge in [-0.25, -0.2) is 14.6 Å². The fraction of sp³-hybridized carbons (Fsp3) is 0.308. The molecular formula is C13H16N6O2. The first-order valence-electron chi connectivity index (χ1n) is 6.29. The van der Waals surface area contributed by atoms with Gasteiger partial charge < -0.3 is 10.2 Å². The lowest BCUT2D eigenvalue weighted by Gasteiger charge is -2.11. The second kappa shape index (κ2) is 6.12. The van der Waals surface area contributed by atoms with E-state index >= 15 is 0 Å². The molecule has 0 aliphatic rings. The first-order chi connectivity index (χ1) is 9.97. The van der Waals surface area contributed by atoms with Gasteiger partial charge in [-0.1, -0.05) is 0 Å². The van der Waals surface area contributed by atoms with Crippen LogP contribution in [0.2, 0.25) is 0 Å². The summed E-state index contributed by atoms with van der Waals surface area (Å²) in [4.78, 5) is 33.3. The monoisotopic (exact) mass is 288 g/mol. The highest BCUT2D eigenvalue weighted by molar-refractivity contribution is 5.91. The highest BCUT2D eigenvalue weighted by Crippen LogP contribution is 2.03. The zero-order chi connectivity index (χ0) is 15.4. The Hall–Kier alpha value is -2.77. The van der Waals surface area contributed by atoms with Crippen LogP contribution in [0.3, 0.4) is 0 Å². The molecule has 0 radical (unpaired) electrons. The zero-order valence-corrected chi connectivity index (χ0v) is 12.1. The molecule has 0 bridgehead atoms. The maximum atomic E-state index is 12.0. The maximum absolute atomic E-state index is 12.0. The molecular weight excluding hydrogens is 272 g/mol. The van der Waals surface area contributed by atoms with Crippen LogP contribution in [-0.4, -0.2) is 39.8 Å². The van der Waals surface area contributed by atoms with E-state index in [4.69, 9.17) is 0 Å². The summed E-state index contributed by atoms with van der Waals surface area (Å²) in [5, 5.41) is 6.58. The highest BCUT2D eigenvalue weighted by atomic mass is 16.2. The molecule has 2 rings (SSSR count). The quantitative estimate of drug-likeness (QED) is 0.820. The van der Waals surface area contributed by atoms with Crippen molar-refractivity contribution in [3.8, 4) is 0 Å². The van der Waals surface area contributed by atoms with Crippen LogP contribution in [0.1, 0.15) is 16.2 Å². The molecule has 8 heteroatoms. The summed E-state index contributed by atoms with van der Waals surface area (Å²) in [6, 6.07) is 4.42. The number of hydrogen-bond acceptors (Lipinski definition) is 6. The minimum atomic E-state index is -0.365. The second-order valence-corrected chi connectivity index (χ2v) is 4.61. The third kappa shape index (κ3) is 3.62. The van der Waals surface area contributed by atoms with Crippen LogP contribution >= 0.6 is 0 Å². The minimum Gasteiger partial charge on any atom is -0.347 e. The molecule has 0 atom stereocenters. The summed E-state index contributed by atoms with van der Waals surface area (Å²) in [6.45, 7) is 0.257. The fourth-order valence-corrected chi connectivity index (χ4v) is 1.58. The topological polar surface area (TPSA) is 93.0 Å². The van der Waals surface area contributed by atoms with Crippen LogP contribution in [0.5, 0.6) is 0 Å². The molecule has 0 aliphatic heterocycles. The van der Waals surface area contributed by atoms with Crippen LogP contribution in [0.4, 0.5) is 5.95 Å². The molecule has 2 aromatic heterocycles. The van der Waals surface area contributed by atoms with Crippen molar-refractivity contribution in [2.45, 2.75) is 6.54 Å². The molecule has 110 valence electrons. The molecule has 0 aromatic carbocycles. The lowest BCUT2D eigenvalue weighted by molar-refractivity contribution is 0.0943. The number of carbonyl (C=O) groups excluding carboxylic acids is 1. The maximum Gasteiger partial charge on any atom is 0.272 e. The molecule has 0 spiro atoms. The summed E-state index contributed by atoms with van der Waals surface area (Å²) in [5.41, 5.74) is 0.601. The average Bonchev–Trinajstić information content (AvgIpc) is 2.48. The Morgan fingerprint density at radius 3 is 2.76 bits per heavy atom. The van der Waals surface area contributed by atoms with Gasteiger partial charge in [0.05, 0.1) is 12.2 Å². The fourth-order valence-electron chi connectivity index (χ4n) is 1.58. The minimum absolute atomic E-state index is 0.180. The van der Waals surface area contributed by atoms with E-state index in [1.54, 1.807) is 17.2 Å². The van der Waals surface area contributed by atoms with Crippen LogP contribution in [0.15, 0.2) is 29.2 Å². The standard InChI is InChI=1S/C13H16N6O2/c1-18(2)13-14-7-6-9(16-13)8-15-12(21)10-4-5-11(20)19(3)17-10/h4-7H,8H2,1-3H3,(H,15,21). The smallest absolute Gasteiger partial charge is 0.272 e. The van der Waals surface area contributed by atoms with E-state index in [0.717, 1.165) is 4.68 Å². The molecule has 0 saturated heterocycles. The van der Waals surface area contributed by atoms with Crippen LogP contribution in [-0.2, 0) is 13.6 Å². The third-order valence-corrected chi connectivity index (χ3v) is 2.72. The van der Waals surface area contributed by atoms with Crippen LogP contribution < -0.4 is 15.8 Å². The molecule has 21 heavy (non-hydrogen) atoms. The number of aryl methyl sites for hydroxylation is 1. The van der Waals surface area contributed by atoms with Gasteiger partial charge in [0, 0.05) is 33.4 Å². The Morgan fingerprint density at radius 1 is 1.33 bits per heavy atom. The van der Waals surface area contributed by atoms with Gasteiger partial charge in [-0.05, 0) is 12.1 Å². The van der Waals surface area contributed by atoms with Gasteiger partial charge in [0.25, 0.3) is 11.5 Å². The van der Waals surface area contributed by atoms with Crippen molar-refractivity contribution < 1.29 is 4.79 Å². The van der Waals surface area contributed by atoms with Crippen LogP contribution in [0, 0.1) is 0 Å². The molecule has 0 fully saturated rings. The average molecular weight is 288 g/mol. The molecule has 1 amide bonds. The van der Waals surface area contributed by atoms with Crippen molar-refractivity contribution in [2.75, 3.05) is 19.0 Å². The van der Waals surface area contributed by atoms with Gasteiger partial charge in [-0.15, -0.1) is 0 Å². The van der Waals surface area contributed by atoms with Crippen molar-refractivity contribution in [3.63, 3.8) is 0 Å². The summed E-state index contributed by atoms with van der Waals surface area (Å²) in [6.07, 6.45) is 1.63. The summed E-state index contributed by atoms with van der Waals surface area (Å²) in [5.74, 6) is 0.206. The molecule has 2 heterocycles. The van der Waals surface area contributed by atoms with E-state index in [1.165, 1.54) is 19.2 Å². The van der Waals surface area contributed by atoms with E-state index in [0.29, 0.717) is 11.6 Å². The molecule has 1 N–H and O–H groups in total. The van der Waals surface area contributed by atoms with E-state index in [2.05, 4.69) is 20.4 Å². The van der Waals surface area contributed by atoms with Crippen LogP contribution in [0.25, 0.3) is 0 Å². The second-order valence-electron chi connectivity index (χ2n) is 4.61. The molecule has 0 unspecified atom stereocenters. The van der Waals surface area contributed by atoms with Gasteiger partial charge in [-0.2, -0.15) is 5.10 Å². The van der Waals surface area contributed by atoms with E-state index < -0.39 is 0 Å². The number of nitrogens with one attached hydrogen (secondary N) is 1. The number of rotatable bonds is 4. The molecule has 0 aliphatic carbocycles. The van der Waals surface area contributed by atoms with Gasteiger partial charge in [0.15, 0.2) is 0 Å². The Kier molecular flexibility index (Phi) is 4.27. The van der Waals surface area contributed by atoms with Gasteiger partial charge in [-0.3, -0.25) is 9.59 Å². The van der Waals surface area contributed by atoms with Gasteiger partial charge >= 0.3 is 0 Å². The molecule has 8 nitrogen and oxygen atoms in total. The number of hydrogen-bond donors (Lipinski definition) is 1. The van der Waals surface area contributed by atoms with Gasteiger partial charge in [0.1, 0.15) is 5.69 Å². The Labute approximate surface area is 121 Å². The number of nitrogens with zero attached hydrogens (tertiary/aromatic N) is 5. The predicted octanol–water partition coefficient (Wildman–Crippen LogP) is -0.434. The Balaban J connectivity index is 2.05. The largest absolute Gasteiger partial charge is 0.347 e. The van der Waals surface area contributed by atoms with Crippen molar-refractivity contribution in [3.05, 3.63) is 46.1 Å². The van der Waals surface area contributed by atoms with Crippen molar-refractivity contribution in [1.82, 2.24) is 25.1 Å². The van der Waals surface area contributed by atoms with Crippen molar-refractivity contribution in [2.24, 2.45) is 7.05 Å². The normalized spacial score (nSPS) is 10.2. The predicted molar refractivity (Wildman–Crippen MR) is 77.0 cm³/mol. The van der Waals surface area contributed by atoms with E-state index in [9.17, 15) is 9.59 Å². The first-order valence-corrected chi connectivity index (χ1v) is 6.29. The zero-order valence-electron chi connectivity index (χ0n) is 12.1. The lowest BCUT2D eigenvalue weighted by atomic mass is 10.3. The number of amides is 1. The first kappa shape index (κ1) is 14.6. The van der Waals surface area contributed by atoms with Crippen molar-refractivity contribution in [1.29, 1.82) is 0 Å². The molecule has 2 aromatic rings. The summed E-state index contributed by atoms with van der Waals surface area (Å²) >= 11 is 0. The lowest BCUT2D eigenvalue weighted by Crippen LogP contribution is -2.28. The third-order valence-electron chi connectivity index (χ3n) is 2.72. The van der Waals surface area contributed by atoms with Crippen molar-refractivity contribution >= 4 is 11.9 Å². The van der Waals surface area contributed by atoms with E-state index in [-0.39, 0.29) is 23.7 Å². The summed E-state index contributed by atoms with van der Waals surface area (Å²) in [7, 11) is 5.17. The van der Waals surface area contributed by atoms with Gasteiger partial charge in [0.2, 0.25) is 5.95 Å². The highest BCUT2D eigenvalue weighted by Gasteiger charge is 2.09. The number of anilines is 1. The summed E-state index contributed by atoms with van der Waals surface area (Å²) < 4.78 is 1.11. The molecule has 0 saturated carbocycles. The number of aromatic nitrogens is 4. The number of carbonyl (C=O) groups is 1. The SMILES string of the molecule is CN(C)c1nccc(CNC(=O)c2ccc(=O)n(C)n2)n1. The van der Waals surface area contributed by atoms with E-state index in [1.807, 2.05) is 14.1 Å². The Morgan fingerprint density at radius 2 is 2.10 bits per heavy atom.